The molecule has 1 N–H and O–H groups in total. The monoisotopic (exact) mass is 320 g/mol. The van der Waals surface area contributed by atoms with Crippen molar-refractivity contribution in [2.24, 2.45) is 5.92 Å². The Morgan fingerprint density at radius 2 is 1.96 bits per heavy atom. The van der Waals surface area contributed by atoms with Crippen LogP contribution in [0.1, 0.15) is 26.3 Å². The van der Waals surface area contributed by atoms with Crippen molar-refractivity contribution in [2.45, 2.75) is 26.2 Å². The van der Waals surface area contributed by atoms with Gasteiger partial charge in [0.15, 0.2) is 11.5 Å². The van der Waals surface area contributed by atoms with Crippen molar-refractivity contribution in [3.63, 3.8) is 0 Å². The van der Waals surface area contributed by atoms with Crippen molar-refractivity contribution in [1.29, 1.82) is 5.26 Å². The van der Waals surface area contributed by atoms with Gasteiger partial charge in [0, 0.05) is 6.54 Å². The van der Waals surface area contributed by atoms with Crippen LogP contribution in [0.5, 0.6) is 11.5 Å². The Hall–Kier alpha value is -2.42. The quantitative estimate of drug-likeness (QED) is 0.835. The first-order valence-corrected chi connectivity index (χ1v) is 7.49. The first-order valence-electron chi connectivity index (χ1n) is 7.49. The van der Waals surface area contributed by atoms with Gasteiger partial charge in [0.1, 0.15) is 5.41 Å². The zero-order valence-electron chi connectivity index (χ0n) is 14.3. The first kappa shape index (κ1) is 18.6. The molecule has 6 heteroatoms. The zero-order valence-corrected chi connectivity index (χ0v) is 14.3. The molecular formula is C17H24N2O4. The van der Waals surface area contributed by atoms with E-state index in [0.29, 0.717) is 11.5 Å². The summed E-state index contributed by atoms with van der Waals surface area (Å²) in [5, 5.41) is 12.5. The third-order valence-corrected chi connectivity index (χ3v) is 3.87. The lowest BCUT2D eigenvalue weighted by Gasteiger charge is -2.31. The molecule has 1 amide bonds. The molecule has 0 heterocycles. The summed E-state index contributed by atoms with van der Waals surface area (Å²) < 4.78 is 15.4. The fourth-order valence-electron chi connectivity index (χ4n) is 2.38. The van der Waals surface area contributed by atoms with Gasteiger partial charge in [0.25, 0.3) is 0 Å². The molecule has 23 heavy (non-hydrogen) atoms. The molecular weight excluding hydrogens is 296 g/mol. The number of alkyl carbamates (subject to hydrolysis) is 1. The van der Waals surface area contributed by atoms with E-state index in [4.69, 9.17) is 14.2 Å². The van der Waals surface area contributed by atoms with Gasteiger partial charge >= 0.3 is 6.09 Å². The van der Waals surface area contributed by atoms with Gasteiger partial charge in [-0.25, -0.2) is 4.79 Å². The van der Waals surface area contributed by atoms with E-state index < -0.39 is 11.5 Å². The number of nitrogens with one attached hydrogen (secondary N) is 1. The van der Waals surface area contributed by atoms with Gasteiger partial charge in [-0.1, -0.05) is 19.9 Å². The molecule has 0 aliphatic carbocycles. The van der Waals surface area contributed by atoms with Crippen molar-refractivity contribution in [3.05, 3.63) is 23.8 Å². The fraction of sp³-hybridized carbons (Fsp3) is 0.529. The number of ether oxygens (including phenoxy) is 3. The summed E-state index contributed by atoms with van der Waals surface area (Å²) in [7, 11) is 3.10. The zero-order chi connectivity index (χ0) is 17.5. The van der Waals surface area contributed by atoms with E-state index in [9.17, 15) is 10.1 Å². The molecule has 126 valence electrons. The third-order valence-electron chi connectivity index (χ3n) is 3.87. The van der Waals surface area contributed by atoms with Gasteiger partial charge in [-0.05, 0) is 30.5 Å². The van der Waals surface area contributed by atoms with Crippen LogP contribution in [0.15, 0.2) is 18.2 Å². The van der Waals surface area contributed by atoms with Crippen molar-refractivity contribution in [1.82, 2.24) is 5.32 Å². The van der Waals surface area contributed by atoms with Gasteiger partial charge in [-0.2, -0.15) is 5.26 Å². The number of nitrogens with zero attached hydrogens (tertiary/aromatic N) is 1. The molecule has 1 rings (SSSR count). The van der Waals surface area contributed by atoms with Gasteiger partial charge < -0.3 is 19.5 Å². The van der Waals surface area contributed by atoms with Crippen LogP contribution < -0.4 is 14.8 Å². The molecule has 1 aromatic carbocycles. The number of methoxy groups -OCH3 is 2. The van der Waals surface area contributed by atoms with Crippen LogP contribution in [0, 0.1) is 17.2 Å². The third kappa shape index (κ3) is 4.07. The SMILES string of the molecule is CCOC(=O)NCC(C#N)(c1ccc(OC)c(OC)c1)C(C)C. The maximum atomic E-state index is 11.6. The standard InChI is InChI=1S/C17H24N2O4/c1-6-23-16(20)19-11-17(10-18,12(2)3)13-7-8-14(21-4)15(9-13)22-5/h7-9,12H,6,11H2,1-5H3,(H,19,20). The summed E-state index contributed by atoms with van der Waals surface area (Å²) in [5.74, 6) is 1.10. The number of hydrogen-bond acceptors (Lipinski definition) is 5. The average Bonchev–Trinajstić information content (AvgIpc) is 2.55. The molecule has 0 fully saturated rings. The first-order chi connectivity index (χ1) is 10.9. The Bertz CT molecular complexity index is 580. The minimum Gasteiger partial charge on any atom is -0.493 e. The summed E-state index contributed by atoms with van der Waals surface area (Å²) in [5.41, 5.74) is -0.142. The molecule has 0 bridgehead atoms. The van der Waals surface area contributed by atoms with E-state index in [1.165, 1.54) is 0 Å². The number of rotatable bonds is 7. The molecule has 1 unspecified atom stereocenters. The van der Waals surface area contributed by atoms with Crippen molar-refractivity contribution in [2.75, 3.05) is 27.4 Å². The van der Waals surface area contributed by atoms with E-state index in [0.717, 1.165) is 5.56 Å². The Balaban J connectivity index is 3.21. The van der Waals surface area contributed by atoms with Gasteiger partial charge in [-0.3, -0.25) is 0 Å². The summed E-state index contributed by atoms with van der Waals surface area (Å²) in [4.78, 5) is 11.6. The van der Waals surface area contributed by atoms with Crippen LogP contribution in [0.3, 0.4) is 0 Å². The fourth-order valence-corrected chi connectivity index (χ4v) is 2.38. The van der Waals surface area contributed by atoms with Gasteiger partial charge in [-0.15, -0.1) is 0 Å². The lowest BCUT2D eigenvalue weighted by Crippen LogP contribution is -2.43. The smallest absolute Gasteiger partial charge is 0.407 e. The Kier molecular flexibility index (Phi) is 6.70. The van der Waals surface area contributed by atoms with E-state index in [1.807, 2.05) is 19.9 Å². The summed E-state index contributed by atoms with van der Waals surface area (Å²) in [6, 6.07) is 7.70. The summed E-state index contributed by atoms with van der Waals surface area (Å²) in [6.07, 6.45) is -0.534. The number of benzene rings is 1. The molecule has 1 aromatic rings. The van der Waals surface area contributed by atoms with E-state index >= 15 is 0 Å². The molecule has 0 radical (unpaired) electrons. The number of carbonyl (C=O) groups excluding carboxylic acids is 1. The maximum Gasteiger partial charge on any atom is 0.407 e. The second-order valence-electron chi connectivity index (χ2n) is 5.38. The lowest BCUT2D eigenvalue weighted by atomic mass is 9.72. The normalized spacial score (nSPS) is 12.9. The number of nitriles is 1. The molecule has 6 nitrogen and oxygen atoms in total. The highest BCUT2D eigenvalue weighted by atomic mass is 16.5. The minimum atomic E-state index is -0.897. The molecule has 0 aliphatic heterocycles. The Morgan fingerprint density at radius 1 is 1.30 bits per heavy atom. The summed E-state index contributed by atoms with van der Waals surface area (Å²) in [6.45, 7) is 6.03. The van der Waals surface area contributed by atoms with Crippen LogP contribution in [-0.4, -0.2) is 33.5 Å². The summed E-state index contributed by atoms with van der Waals surface area (Å²) >= 11 is 0. The van der Waals surface area contributed by atoms with Crippen molar-refractivity contribution >= 4 is 6.09 Å². The number of carbonyl (C=O) groups is 1. The number of hydrogen-bond donors (Lipinski definition) is 1. The van der Waals surface area contributed by atoms with Crippen LogP contribution in [0.25, 0.3) is 0 Å². The number of amides is 1. The Morgan fingerprint density at radius 3 is 2.43 bits per heavy atom. The van der Waals surface area contributed by atoms with Crippen LogP contribution in [0.4, 0.5) is 4.79 Å². The largest absolute Gasteiger partial charge is 0.493 e. The minimum absolute atomic E-state index is 0.0347. The average molecular weight is 320 g/mol. The van der Waals surface area contributed by atoms with E-state index in [-0.39, 0.29) is 19.1 Å². The van der Waals surface area contributed by atoms with E-state index in [2.05, 4.69) is 11.4 Å². The van der Waals surface area contributed by atoms with Crippen molar-refractivity contribution in [3.8, 4) is 17.6 Å². The van der Waals surface area contributed by atoms with Gasteiger partial charge in [0.2, 0.25) is 0 Å². The molecule has 0 saturated carbocycles. The molecule has 0 aromatic heterocycles. The highest BCUT2D eigenvalue weighted by Crippen LogP contribution is 2.37. The molecule has 0 saturated heterocycles. The van der Waals surface area contributed by atoms with Crippen LogP contribution >= 0.6 is 0 Å². The predicted molar refractivity (Wildman–Crippen MR) is 86.7 cm³/mol. The highest BCUT2D eigenvalue weighted by Gasteiger charge is 2.37. The van der Waals surface area contributed by atoms with Crippen LogP contribution in [0.2, 0.25) is 0 Å². The predicted octanol–water partition coefficient (Wildman–Crippen LogP) is 2.87. The molecule has 1 atom stereocenters. The highest BCUT2D eigenvalue weighted by molar-refractivity contribution is 5.67. The topological polar surface area (TPSA) is 80.6 Å². The molecule has 0 aliphatic rings. The van der Waals surface area contributed by atoms with Crippen LogP contribution in [-0.2, 0) is 10.2 Å². The second-order valence-corrected chi connectivity index (χ2v) is 5.38. The second kappa shape index (κ2) is 8.28. The Labute approximate surface area is 137 Å². The van der Waals surface area contributed by atoms with E-state index in [1.54, 1.807) is 33.3 Å². The maximum absolute atomic E-state index is 11.6. The van der Waals surface area contributed by atoms with Crippen molar-refractivity contribution < 1.29 is 19.0 Å². The lowest BCUT2D eigenvalue weighted by molar-refractivity contribution is 0.149. The molecule has 0 spiro atoms. The van der Waals surface area contributed by atoms with Gasteiger partial charge in [0.05, 0.1) is 26.9 Å².